The van der Waals surface area contributed by atoms with Crippen molar-refractivity contribution in [3.05, 3.63) is 62.6 Å². The lowest BCUT2D eigenvalue weighted by Crippen LogP contribution is -2.20. The van der Waals surface area contributed by atoms with E-state index in [9.17, 15) is 19.7 Å². The van der Waals surface area contributed by atoms with Crippen LogP contribution in [0.5, 0.6) is 5.75 Å². The van der Waals surface area contributed by atoms with E-state index in [1.165, 1.54) is 24.3 Å². The van der Waals surface area contributed by atoms with Crippen LogP contribution in [0.4, 0.5) is 11.4 Å². The molecule has 1 N–H and O–H groups in total. The highest BCUT2D eigenvalue weighted by Crippen LogP contribution is 2.26. The number of halogens is 2. The normalized spacial score (nSPS) is 10.1. The number of ether oxygens (including phenoxy) is 1. The first kappa shape index (κ1) is 17.7. The number of nitrogens with one attached hydrogen (secondary N) is 1. The summed E-state index contributed by atoms with van der Waals surface area (Å²) in [6.45, 7) is 0. The fraction of sp³-hybridized carbons (Fsp3) is 0.0667. The van der Waals surface area contributed by atoms with Gasteiger partial charge in [-0.3, -0.25) is 19.7 Å². The summed E-state index contributed by atoms with van der Waals surface area (Å²) < 4.78 is 4.98. The molecule has 0 heterocycles. The van der Waals surface area contributed by atoms with Crippen molar-refractivity contribution in [2.45, 2.75) is 6.42 Å². The predicted octanol–water partition coefficient (Wildman–Crippen LogP) is 3.84. The number of benzene rings is 2. The molecule has 0 saturated carbocycles. The van der Waals surface area contributed by atoms with Crippen molar-refractivity contribution in [2.24, 2.45) is 0 Å². The Morgan fingerprint density at radius 2 is 1.79 bits per heavy atom. The zero-order valence-electron chi connectivity index (χ0n) is 12.0. The number of carbonyl (C=O) groups is 2. The van der Waals surface area contributed by atoms with Gasteiger partial charge in [-0.05, 0) is 30.3 Å². The first-order valence-corrected chi connectivity index (χ1v) is 7.31. The topological polar surface area (TPSA) is 98.5 Å². The summed E-state index contributed by atoms with van der Waals surface area (Å²) in [6, 6.07) is 9.64. The number of esters is 1. The lowest BCUT2D eigenvalue weighted by molar-refractivity contribution is -0.384. The molecule has 0 unspecified atom stereocenters. The summed E-state index contributed by atoms with van der Waals surface area (Å²) in [5, 5.41) is 13.5. The Hall–Kier alpha value is -2.64. The lowest BCUT2D eigenvalue weighted by atomic mass is 10.2. The highest BCUT2D eigenvalue weighted by molar-refractivity contribution is 6.34. The van der Waals surface area contributed by atoms with E-state index in [1.54, 1.807) is 12.1 Å². The maximum atomic E-state index is 11.8. The summed E-state index contributed by atoms with van der Waals surface area (Å²) in [4.78, 5) is 33.5. The van der Waals surface area contributed by atoms with E-state index in [2.05, 4.69) is 5.32 Å². The van der Waals surface area contributed by atoms with E-state index in [0.29, 0.717) is 5.02 Å². The van der Waals surface area contributed by atoms with Gasteiger partial charge in [0.25, 0.3) is 5.69 Å². The molecule has 7 nitrogen and oxygen atoms in total. The number of carbonyl (C=O) groups excluding carboxylic acids is 2. The van der Waals surface area contributed by atoms with Gasteiger partial charge in [0.1, 0.15) is 12.2 Å². The summed E-state index contributed by atoms with van der Waals surface area (Å²) in [7, 11) is 0. The van der Waals surface area contributed by atoms with Gasteiger partial charge in [-0.15, -0.1) is 0 Å². The van der Waals surface area contributed by atoms with Gasteiger partial charge in [-0.2, -0.15) is 0 Å². The van der Waals surface area contributed by atoms with E-state index >= 15 is 0 Å². The quantitative estimate of drug-likeness (QED) is 0.284. The van der Waals surface area contributed by atoms with Gasteiger partial charge < -0.3 is 10.1 Å². The Labute approximate surface area is 146 Å². The fourth-order valence-electron chi connectivity index (χ4n) is 1.71. The van der Waals surface area contributed by atoms with Crippen LogP contribution in [0, 0.1) is 10.1 Å². The maximum Gasteiger partial charge on any atom is 0.320 e. The fourth-order valence-corrected chi connectivity index (χ4v) is 2.06. The van der Waals surface area contributed by atoms with Gasteiger partial charge in [0.05, 0.1) is 15.6 Å². The molecule has 0 radical (unpaired) electrons. The molecule has 0 bridgehead atoms. The standard InChI is InChI=1S/C15H10Cl2N2O5/c16-9-1-4-11(5-2-9)24-15(21)8-14(20)18-13-6-3-10(19(22)23)7-12(13)17/h1-7H,8H2,(H,18,20). The monoisotopic (exact) mass is 368 g/mol. The van der Waals surface area contributed by atoms with Crippen LogP contribution >= 0.6 is 23.2 Å². The van der Waals surface area contributed by atoms with E-state index in [0.717, 1.165) is 6.07 Å². The number of hydrogen-bond acceptors (Lipinski definition) is 5. The number of non-ortho nitro benzene ring substituents is 1. The third-order valence-electron chi connectivity index (χ3n) is 2.79. The largest absolute Gasteiger partial charge is 0.426 e. The number of nitro benzene ring substituents is 1. The molecule has 2 rings (SSSR count). The molecular formula is C15H10Cl2N2O5. The van der Waals surface area contributed by atoms with Crippen molar-refractivity contribution in [1.29, 1.82) is 0 Å². The molecule has 0 fully saturated rings. The van der Waals surface area contributed by atoms with E-state index in [1.807, 2.05) is 0 Å². The minimum atomic E-state index is -0.771. The second kappa shape index (κ2) is 7.76. The zero-order chi connectivity index (χ0) is 17.7. The first-order valence-electron chi connectivity index (χ1n) is 6.55. The lowest BCUT2D eigenvalue weighted by Gasteiger charge is -2.07. The first-order chi connectivity index (χ1) is 11.3. The Kier molecular flexibility index (Phi) is 5.73. The summed E-state index contributed by atoms with van der Waals surface area (Å²) >= 11 is 11.6. The maximum absolute atomic E-state index is 11.8. The molecular weight excluding hydrogens is 359 g/mol. The second-order valence-electron chi connectivity index (χ2n) is 4.57. The smallest absolute Gasteiger partial charge is 0.320 e. The molecule has 9 heteroatoms. The van der Waals surface area contributed by atoms with Gasteiger partial charge in [0, 0.05) is 17.2 Å². The SMILES string of the molecule is O=C(CC(=O)Oc1ccc(Cl)cc1)Nc1ccc([N+](=O)[O-])cc1Cl. The Morgan fingerprint density at radius 1 is 1.12 bits per heavy atom. The van der Waals surface area contributed by atoms with Crippen LogP contribution in [-0.2, 0) is 9.59 Å². The molecule has 2 aromatic carbocycles. The molecule has 124 valence electrons. The minimum absolute atomic E-state index is 0.0105. The molecule has 0 aliphatic carbocycles. The molecule has 0 atom stereocenters. The predicted molar refractivity (Wildman–Crippen MR) is 88.4 cm³/mol. The van der Waals surface area contributed by atoms with Gasteiger partial charge in [0.2, 0.25) is 5.91 Å². The zero-order valence-corrected chi connectivity index (χ0v) is 13.5. The molecule has 1 amide bonds. The molecule has 0 aliphatic heterocycles. The van der Waals surface area contributed by atoms with Gasteiger partial charge in [-0.1, -0.05) is 23.2 Å². The molecule has 0 aromatic heterocycles. The number of anilines is 1. The van der Waals surface area contributed by atoms with Crippen LogP contribution in [0.2, 0.25) is 10.0 Å². The summed E-state index contributed by atoms with van der Waals surface area (Å²) in [6.07, 6.45) is -0.546. The molecule has 24 heavy (non-hydrogen) atoms. The van der Waals surface area contributed by atoms with Crippen LogP contribution in [-0.4, -0.2) is 16.8 Å². The average molecular weight is 369 g/mol. The van der Waals surface area contributed by atoms with Crippen molar-refractivity contribution in [2.75, 3.05) is 5.32 Å². The second-order valence-corrected chi connectivity index (χ2v) is 5.42. The Balaban J connectivity index is 1.94. The molecule has 0 spiro atoms. The van der Waals surface area contributed by atoms with Crippen molar-refractivity contribution in [3.8, 4) is 5.75 Å². The van der Waals surface area contributed by atoms with Crippen LogP contribution in [0.3, 0.4) is 0 Å². The van der Waals surface area contributed by atoms with Crippen molar-refractivity contribution in [3.63, 3.8) is 0 Å². The average Bonchev–Trinajstić information content (AvgIpc) is 2.51. The third kappa shape index (κ3) is 4.94. The number of rotatable bonds is 5. The van der Waals surface area contributed by atoms with E-state index in [4.69, 9.17) is 27.9 Å². The van der Waals surface area contributed by atoms with Crippen LogP contribution in [0.15, 0.2) is 42.5 Å². The number of nitro groups is 1. The van der Waals surface area contributed by atoms with Crippen LogP contribution < -0.4 is 10.1 Å². The highest BCUT2D eigenvalue weighted by atomic mass is 35.5. The minimum Gasteiger partial charge on any atom is -0.426 e. The van der Waals surface area contributed by atoms with Crippen molar-refractivity contribution in [1.82, 2.24) is 0 Å². The molecule has 0 aliphatic rings. The van der Waals surface area contributed by atoms with Crippen LogP contribution in [0.25, 0.3) is 0 Å². The van der Waals surface area contributed by atoms with E-state index in [-0.39, 0.29) is 22.1 Å². The molecule has 2 aromatic rings. The number of amides is 1. The Bertz CT molecular complexity index is 793. The van der Waals surface area contributed by atoms with Gasteiger partial charge in [-0.25, -0.2) is 0 Å². The molecule has 0 saturated heterocycles. The third-order valence-corrected chi connectivity index (χ3v) is 3.35. The van der Waals surface area contributed by atoms with Gasteiger partial charge in [0.15, 0.2) is 0 Å². The summed E-state index contributed by atoms with van der Waals surface area (Å²) in [5.41, 5.74) is -0.0493. The number of nitrogens with zero attached hydrogens (tertiary/aromatic N) is 1. The highest BCUT2D eigenvalue weighted by Gasteiger charge is 2.15. The van der Waals surface area contributed by atoms with Gasteiger partial charge >= 0.3 is 5.97 Å². The Morgan fingerprint density at radius 3 is 2.38 bits per heavy atom. The number of hydrogen-bond donors (Lipinski definition) is 1. The van der Waals surface area contributed by atoms with Crippen molar-refractivity contribution < 1.29 is 19.2 Å². The van der Waals surface area contributed by atoms with Crippen molar-refractivity contribution >= 4 is 46.5 Å². The summed E-state index contributed by atoms with van der Waals surface area (Å²) in [5.74, 6) is -1.18. The van der Waals surface area contributed by atoms with Crippen LogP contribution in [0.1, 0.15) is 6.42 Å². The van der Waals surface area contributed by atoms with E-state index < -0.39 is 23.2 Å².